The van der Waals surface area contributed by atoms with Crippen molar-refractivity contribution in [2.75, 3.05) is 25.4 Å². The van der Waals surface area contributed by atoms with Crippen molar-refractivity contribution in [1.82, 2.24) is 10.2 Å². The Balaban J connectivity index is 2.63. The molecule has 1 N–H and O–H groups in total. The molecule has 2 atom stereocenters. The van der Waals surface area contributed by atoms with Crippen molar-refractivity contribution in [2.24, 2.45) is 0 Å². The standard InChI is InChI=1S/C14H30N2O2S/c1-6-12-11-16(13(7-2)10-15-12)8-9-19(17,18)14(3,4)5/h12-13,15H,6-11H2,1-5H3. The molecule has 19 heavy (non-hydrogen) atoms. The highest BCUT2D eigenvalue weighted by Gasteiger charge is 2.31. The molecule has 0 spiro atoms. The van der Waals surface area contributed by atoms with E-state index in [2.05, 4.69) is 24.1 Å². The lowest BCUT2D eigenvalue weighted by Gasteiger charge is -2.40. The van der Waals surface area contributed by atoms with Crippen LogP contribution in [0.2, 0.25) is 0 Å². The van der Waals surface area contributed by atoms with E-state index in [1.54, 1.807) is 20.8 Å². The van der Waals surface area contributed by atoms with Crippen LogP contribution in [0.25, 0.3) is 0 Å². The van der Waals surface area contributed by atoms with E-state index in [1.807, 2.05) is 0 Å². The van der Waals surface area contributed by atoms with Crippen molar-refractivity contribution in [3.8, 4) is 0 Å². The van der Waals surface area contributed by atoms with Crippen LogP contribution < -0.4 is 5.32 Å². The molecule has 1 aliphatic heterocycles. The third-order valence-electron chi connectivity index (χ3n) is 4.16. The Morgan fingerprint density at radius 1 is 1.21 bits per heavy atom. The Morgan fingerprint density at radius 2 is 1.84 bits per heavy atom. The minimum Gasteiger partial charge on any atom is -0.311 e. The Labute approximate surface area is 118 Å². The first-order valence-electron chi connectivity index (χ1n) is 7.41. The van der Waals surface area contributed by atoms with Gasteiger partial charge in [0.05, 0.1) is 10.5 Å². The van der Waals surface area contributed by atoms with E-state index in [4.69, 9.17) is 0 Å². The highest BCUT2D eigenvalue weighted by atomic mass is 32.2. The third-order valence-corrected chi connectivity index (χ3v) is 6.74. The molecule has 5 heteroatoms. The van der Waals surface area contributed by atoms with E-state index < -0.39 is 14.6 Å². The average Bonchev–Trinajstić information content (AvgIpc) is 2.34. The molecule has 2 unspecified atom stereocenters. The van der Waals surface area contributed by atoms with Crippen LogP contribution in [-0.2, 0) is 9.84 Å². The zero-order chi connectivity index (χ0) is 14.7. The molecular formula is C14H30N2O2S. The molecule has 0 aromatic carbocycles. The van der Waals surface area contributed by atoms with Crippen LogP contribution in [0.3, 0.4) is 0 Å². The van der Waals surface area contributed by atoms with Gasteiger partial charge >= 0.3 is 0 Å². The van der Waals surface area contributed by atoms with Crippen molar-refractivity contribution in [3.63, 3.8) is 0 Å². The van der Waals surface area contributed by atoms with Gasteiger partial charge in [0.25, 0.3) is 0 Å². The molecule has 0 radical (unpaired) electrons. The first-order chi connectivity index (χ1) is 8.71. The Kier molecular flexibility index (Phi) is 5.83. The smallest absolute Gasteiger partial charge is 0.156 e. The molecule has 1 fully saturated rings. The molecule has 1 saturated heterocycles. The lowest BCUT2D eigenvalue weighted by molar-refractivity contribution is 0.132. The van der Waals surface area contributed by atoms with E-state index in [-0.39, 0.29) is 5.75 Å². The van der Waals surface area contributed by atoms with Gasteiger partial charge in [0.15, 0.2) is 9.84 Å². The van der Waals surface area contributed by atoms with Crippen LogP contribution in [0.15, 0.2) is 0 Å². The summed E-state index contributed by atoms with van der Waals surface area (Å²) in [5.41, 5.74) is 0. The van der Waals surface area contributed by atoms with Crippen molar-refractivity contribution >= 4 is 9.84 Å². The zero-order valence-corrected chi connectivity index (χ0v) is 13.9. The molecular weight excluding hydrogens is 260 g/mol. The second-order valence-corrected chi connectivity index (χ2v) is 9.36. The van der Waals surface area contributed by atoms with Gasteiger partial charge in [-0.05, 0) is 33.6 Å². The summed E-state index contributed by atoms with van der Waals surface area (Å²) in [7, 11) is -3.02. The predicted molar refractivity (Wildman–Crippen MR) is 81.3 cm³/mol. The number of nitrogens with one attached hydrogen (secondary N) is 1. The summed E-state index contributed by atoms with van der Waals surface area (Å²) in [4.78, 5) is 2.36. The monoisotopic (exact) mass is 290 g/mol. The van der Waals surface area contributed by atoms with Crippen molar-refractivity contribution in [2.45, 2.75) is 64.3 Å². The second-order valence-electron chi connectivity index (χ2n) is 6.50. The first kappa shape index (κ1) is 16.9. The number of piperazine rings is 1. The first-order valence-corrected chi connectivity index (χ1v) is 9.06. The predicted octanol–water partition coefficient (Wildman–Crippen LogP) is 1.66. The topological polar surface area (TPSA) is 49.4 Å². The minimum atomic E-state index is -3.02. The highest BCUT2D eigenvalue weighted by Crippen LogP contribution is 2.18. The van der Waals surface area contributed by atoms with Crippen LogP contribution in [0.4, 0.5) is 0 Å². The molecule has 1 rings (SSSR count). The van der Waals surface area contributed by atoms with Crippen molar-refractivity contribution in [3.05, 3.63) is 0 Å². The lowest BCUT2D eigenvalue weighted by atomic mass is 10.1. The van der Waals surface area contributed by atoms with Crippen molar-refractivity contribution in [1.29, 1.82) is 0 Å². The lowest BCUT2D eigenvalue weighted by Crippen LogP contribution is -2.57. The van der Waals surface area contributed by atoms with Gasteiger partial charge in [-0.15, -0.1) is 0 Å². The van der Waals surface area contributed by atoms with Gasteiger partial charge < -0.3 is 5.32 Å². The maximum atomic E-state index is 12.2. The van der Waals surface area contributed by atoms with E-state index >= 15 is 0 Å². The zero-order valence-electron chi connectivity index (χ0n) is 13.1. The third kappa shape index (κ3) is 4.43. The SMILES string of the molecule is CCC1CN(CCS(=O)(=O)C(C)(C)C)C(CC)CN1. The molecule has 0 amide bonds. The van der Waals surface area contributed by atoms with Gasteiger partial charge in [-0.3, -0.25) is 4.90 Å². The summed E-state index contributed by atoms with van der Waals surface area (Å²) >= 11 is 0. The second kappa shape index (κ2) is 6.55. The summed E-state index contributed by atoms with van der Waals surface area (Å²) in [6, 6.07) is 0.970. The van der Waals surface area contributed by atoms with Crippen LogP contribution in [0, 0.1) is 0 Å². The Hall–Kier alpha value is -0.130. The molecule has 4 nitrogen and oxygen atoms in total. The largest absolute Gasteiger partial charge is 0.311 e. The van der Waals surface area contributed by atoms with Crippen molar-refractivity contribution < 1.29 is 8.42 Å². The van der Waals surface area contributed by atoms with E-state index in [1.165, 1.54) is 0 Å². The fourth-order valence-electron chi connectivity index (χ4n) is 2.42. The van der Waals surface area contributed by atoms with Crippen LogP contribution in [-0.4, -0.2) is 55.5 Å². The summed E-state index contributed by atoms with van der Waals surface area (Å²) in [6.07, 6.45) is 2.16. The summed E-state index contributed by atoms with van der Waals surface area (Å²) in [6.45, 7) is 12.3. The normalized spacial score (nSPS) is 26.6. The Bertz CT molecular complexity index is 373. The van der Waals surface area contributed by atoms with E-state index in [0.29, 0.717) is 18.6 Å². The summed E-state index contributed by atoms with van der Waals surface area (Å²) < 4.78 is 23.8. The highest BCUT2D eigenvalue weighted by molar-refractivity contribution is 7.92. The molecule has 0 aromatic heterocycles. The molecule has 114 valence electrons. The Morgan fingerprint density at radius 3 is 2.32 bits per heavy atom. The number of hydrogen-bond donors (Lipinski definition) is 1. The van der Waals surface area contributed by atoms with Gasteiger partial charge in [-0.1, -0.05) is 13.8 Å². The number of nitrogens with zero attached hydrogens (tertiary/aromatic N) is 1. The van der Waals surface area contributed by atoms with E-state index in [9.17, 15) is 8.42 Å². The average molecular weight is 290 g/mol. The minimum absolute atomic E-state index is 0.267. The molecule has 0 saturated carbocycles. The maximum Gasteiger partial charge on any atom is 0.156 e. The maximum absolute atomic E-state index is 12.2. The van der Waals surface area contributed by atoms with E-state index in [0.717, 1.165) is 25.9 Å². The molecule has 0 aromatic rings. The summed E-state index contributed by atoms with van der Waals surface area (Å²) in [5.74, 6) is 0.267. The number of hydrogen-bond acceptors (Lipinski definition) is 4. The fraction of sp³-hybridized carbons (Fsp3) is 1.00. The van der Waals surface area contributed by atoms with Crippen LogP contribution >= 0.6 is 0 Å². The molecule has 1 aliphatic rings. The van der Waals surface area contributed by atoms with Crippen LogP contribution in [0.1, 0.15) is 47.5 Å². The van der Waals surface area contributed by atoms with Crippen LogP contribution in [0.5, 0.6) is 0 Å². The molecule has 1 heterocycles. The fourth-order valence-corrected chi connectivity index (χ4v) is 3.51. The number of rotatable bonds is 5. The van der Waals surface area contributed by atoms with Gasteiger partial charge in [0.1, 0.15) is 0 Å². The van der Waals surface area contributed by atoms with Gasteiger partial charge in [0, 0.05) is 31.7 Å². The van der Waals surface area contributed by atoms with Gasteiger partial charge in [0.2, 0.25) is 0 Å². The quantitative estimate of drug-likeness (QED) is 0.836. The molecule has 0 bridgehead atoms. The summed E-state index contributed by atoms with van der Waals surface area (Å²) in [5, 5.41) is 3.54. The van der Waals surface area contributed by atoms with Gasteiger partial charge in [-0.2, -0.15) is 0 Å². The number of sulfone groups is 1. The molecule has 0 aliphatic carbocycles. The van der Waals surface area contributed by atoms with Gasteiger partial charge in [-0.25, -0.2) is 8.42 Å².